The van der Waals surface area contributed by atoms with Gasteiger partial charge in [0.2, 0.25) is 0 Å². The standard InChI is InChI=1S/C6H17NP.HI/c1-7(2,3)6-8(4)5;/h6H2,1-5H3;1H/q+1;/p-1. The van der Waals surface area contributed by atoms with Gasteiger partial charge in [0.05, 0.1) is 27.4 Å². The normalized spacial score (nSPS) is 11.3. The van der Waals surface area contributed by atoms with Crippen LogP contribution in [-0.2, 0) is 0 Å². The zero-order chi connectivity index (χ0) is 6.78. The molecule has 0 saturated carbocycles. The second kappa shape index (κ2) is 4.86. The maximum Gasteiger partial charge on any atom is 0.0953 e. The molecule has 0 aliphatic heterocycles. The molecule has 0 bridgehead atoms. The lowest BCUT2D eigenvalue weighted by Gasteiger charge is -2.25. The zero-order valence-corrected chi connectivity index (χ0v) is 10.0. The van der Waals surface area contributed by atoms with E-state index in [1.54, 1.807) is 0 Å². The number of nitrogens with zero attached hydrogens (tertiary/aromatic N) is 1. The predicted octanol–water partition coefficient (Wildman–Crippen LogP) is -1.60. The van der Waals surface area contributed by atoms with E-state index >= 15 is 0 Å². The van der Waals surface area contributed by atoms with Crippen molar-refractivity contribution in [2.45, 2.75) is 0 Å². The molecule has 0 atom stereocenters. The highest BCUT2D eigenvalue weighted by Gasteiger charge is 2.07. The van der Waals surface area contributed by atoms with Crippen molar-refractivity contribution in [3.8, 4) is 0 Å². The molecule has 0 aliphatic carbocycles. The number of halogens is 1. The fraction of sp³-hybridized carbons (Fsp3) is 1.00. The highest BCUT2D eigenvalue weighted by molar-refractivity contribution is 7.55. The van der Waals surface area contributed by atoms with Gasteiger partial charge in [-0.3, -0.25) is 0 Å². The first-order valence-electron chi connectivity index (χ1n) is 2.87. The highest BCUT2D eigenvalue weighted by Crippen LogP contribution is 2.26. The van der Waals surface area contributed by atoms with Crippen LogP contribution in [0.4, 0.5) is 0 Å². The smallest absolute Gasteiger partial charge is 0.0953 e. The van der Waals surface area contributed by atoms with Crippen LogP contribution in [0.1, 0.15) is 0 Å². The van der Waals surface area contributed by atoms with E-state index in [0.717, 1.165) is 4.48 Å². The quantitative estimate of drug-likeness (QED) is 0.319. The molecular formula is C6H17INP. The minimum Gasteiger partial charge on any atom is -1.00 e. The van der Waals surface area contributed by atoms with Crippen molar-refractivity contribution in [1.82, 2.24) is 0 Å². The Morgan fingerprint density at radius 3 is 1.44 bits per heavy atom. The van der Waals surface area contributed by atoms with Crippen molar-refractivity contribution in [2.75, 3.05) is 40.8 Å². The zero-order valence-electron chi connectivity index (χ0n) is 6.98. The van der Waals surface area contributed by atoms with E-state index in [1.807, 2.05) is 0 Å². The van der Waals surface area contributed by atoms with E-state index in [1.165, 1.54) is 6.29 Å². The minimum atomic E-state index is 0. The van der Waals surface area contributed by atoms with E-state index in [4.69, 9.17) is 0 Å². The first kappa shape index (κ1) is 12.8. The Hall–Kier alpha value is 1.12. The Kier molecular flexibility index (Phi) is 6.90. The summed E-state index contributed by atoms with van der Waals surface area (Å²) in [5.41, 5.74) is 0. The average Bonchev–Trinajstić information content (AvgIpc) is 1.21. The van der Waals surface area contributed by atoms with E-state index in [9.17, 15) is 0 Å². The third-order valence-corrected chi connectivity index (χ3v) is 2.12. The second-order valence-electron chi connectivity index (χ2n) is 3.51. The molecule has 58 valence electrons. The second-order valence-corrected chi connectivity index (χ2v) is 5.95. The van der Waals surface area contributed by atoms with Crippen molar-refractivity contribution in [1.29, 1.82) is 0 Å². The Labute approximate surface area is 77.2 Å². The van der Waals surface area contributed by atoms with Crippen molar-refractivity contribution in [3.05, 3.63) is 0 Å². The first-order valence-corrected chi connectivity index (χ1v) is 5.29. The van der Waals surface area contributed by atoms with Gasteiger partial charge in [-0.05, 0) is 13.3 Å². The molecule has 0 N–H and O–H groups in total. The number of rotatable bonds is 2. The van der Waals surface area contributed by atoms with Crippen molar-refractivity contribution < 1.29 is 28.5 Å². The van der Waals surface area contributed by atoms with Crippen molar-refractivity contribution in [2.24, 2.45) is 0 Å². The average molecular weight is 261 g/mol. The summed E-state index contributed by atoms with van der Waals surface area (Å²) in [4.78, 5) is 0. The van der Waals surface area contributed by atoms with Gasteiger partial charge in [-0.25, -0.2) is 0 Å². The molecular weight excluding hydrogens is 244 g/mol. The Morgan fingerprint density at radius 1 is 1.11 bits per heavy atom. The molecule has 0 radical (unpaired) electrons. The van der Waals surface area contributed by atoms with Crippen LogP contribution >= 0.6 is 7.92 Å². The lowest BCUT2D eigenvalue weighted by atomic mass is 10.8. The molecule has 0 aromatic rings. The van der Waals surface area contributed by atoms with Gasteiger partial charge in [-0.15, -0.1) is 0 Å². The van der Waals surface area contributed by atoms with Crippen LogP contribution in [0.3, 0.4) is 0 Å². The third kappa shape index (κ3) is 12.3. The molecule has 0 spiro atoms. The van der Waals surface area contributed by atoms with Gasteiger partial charge < -0.3 is 28.5 Å². The summed E-state index contributed by atoms with van der Waals surface area (Å²) in [6, 6.07) is 0. The Bertz CT molecular complexity index is 67.9. The summed E-state index contributed by atoms with van der Waals surface area (Å²) >= 11 is 0. The van der Waals surface area contributed by atoms with Crippen LogP contribution in [0.5, 0.6) is 0 Å². The summed E-state index contributed by atoms with van der Waals surface area (Å²) in [5.74, 6) is 0. The van der Waals surface area contributed by atoms with Gasteiger partial charge in [-0.2, -0.15) is 0 Å². The van der Waals surface area contributed by atoms with E-state index in [2.05, 4.69) is 34.5 Å². The number of hydrogen-bond donors (Lipinski definition) is 0. The third-order valence-electron chi connectivity index (χ3n) is 0.707. The maximum atomic E-state index is 2.32. The van der Waals surface area contributed by atoms with Crippen LogP contribution in [0.2, 0.25) is 0 Å². The molecule has 0 rings (SSSR count). The largest absolute Gasteiger partial charge is 1.00 e. The van der Waals surface area contributed by atoms with Gasteiger partial charge >= 0.3 is 0 Å². The monoisotopic (exact) mass is 261 g/mol. The van der Waals surface area contributed by atoms with Crippen LogP contribution in [0, 0.1) is 0 Å². The molecule has 0 heterocycles. The SMILES string of the molecule is CP(C)C[N+](C)(C)C.[I-]. The van der Waals surface area contributed by atoms with Gasteiger partial charge in [0, 0.05) is 0 Å². The molecule has 0 fully saturated rings. The molecule has 3 heteroatoms. The molecule has 0 aromatic heterocycles. The molecule has 0 unspecified atom stereocenters. The summed E-state index contributed by atoms with van der Waals surface area (Å²) in [6.07, 6.45) is 1.33. The van der Waals surface area contributed by atoms with E-state index in [0.29, 0.717) is 0 Å². The maximum absolute atomic E-state index is 2.32. The summed E-state index contributed by atoms with van der Waals surface area (Å²) < 4.78 is 1.11. The van der Waals surface area contributed by atoms with Crippen LogP contribution < -0.4 is 24.0 Å². The minimum absolute atomic E-state index is 0. The lowest BCUT2D eigenvalue weighted by Crippen LogP contribution is -3.00. The molecule has 0 amide bonds. The van der Waals surface area contributed by atoms with E-state index < -0.39 is 0 Å². The predicted molar refractivity (Wildman–Crippen MR) is 41.7 cm³/mol. The number of quaternary nitrogens is 1. The highest BCUT2D eigenvalue weighted by atomic mass is 127. The van der Waals surface area contributed by atoms with Crippen molar-refractivity contribution >= 4 is 7.92 Å². The Morgan fingerprint density at radius 2 is 1.44 bits per heavy atom. The van der Waals surface area contributed by atoms with Crippen molar-refractivity contribution in [3.63, 3.8) is 0 Å². The Balaban J connectivity index is 0. The number of hydrogen-bond acceptors (Lipinski definition) is 0. The fourth-order valence-corrected chi connectivity index (χ4v) is 2.55. The van der Waals surface area contributed by atoms with Gasteiger partial charge in [0.1, 0.15) is 0 Å². The van der Waals surface area contributed by atoms with Crippen LogP contribution in [0.15, 0.2) is 0 Å². The van der Waals surface area contributed by atoms with Crippen LogP contribution in [-0.4, -0.2) is 45.2 Å². The topological polar surface area (TPSA) is 0 Å². The van der Waals surface area contributed by atoms with Crippen LogP contribution in [0.25, 0.3) is 0 Å². The molecule has 0 aliphatic rings. The van der Waals surface area contributed by atoms with Gasteiger partial charge in [0.25, 0.3) is 0 Å². The first-order chi connectivity index (χ1) is 3.42. The van der Waals surface area contributed by atoms with Gasteiger partial charge in [-0.1, -0.05) is 7.92 Å². The lowest BCUT2D eigenvalue weighted by molar-refractivity contribution is -0.858. The fourth-order valence-electron chi connectivity index (χ4n) is 0.849. The van der Waals surface area contributed by atoms with Gasteiger partial charge in [0.15, 0.2) is 0 Å². The summed E-state index contributed by atoms with van der Waals surface area (Å²) in [6.45, 7) is 4.64. The molecule has 0 saturated heterocycles. The summed E-state index contributed by atoms with van der Waals surface area (Å²) in [7, 11) is 7.00. The molecule has 9 heavy (non-hydrogen) atoms. The van der Waals surface area contributed by atoms with E-state index in [-0.39, 0.29) is 31.9 Å². The molecule has 1 nitrogen and oxygen atoms in total. The molecule has 0 aromatic carbocycles. The summed E-state index contributed by atoms with van der Waals surface area (Å²) in [5, 5.41) is 0.